The van der Waals surface area contributed by atoms with Crippen molar-refractivity contribution in [2.45, 2.75) is 12.8 Å². The van der Waals surface area contributed by atoms with Gasteiger partial charge in [0, 0.05) is 24.7 Å². The first-order chi connectivity index (χ1) is 14.2. The third kappa shape index (κ3) is 4.70. The number of rotatable bonds is 6. The molecule has 4 rings (SSSR count). The Kier molecular flexibility index (Phi) is 5.38. The molecule has 29 heavy (non-hydrogen) atoms. The van der Waals surface area contributed by atoms with Gasteiger partial charge in [0.15, 0.2) is 0 Å². The average Bonchev–Trinajstić information content (AvgIpc) is 3.23. The number of pyridine rings is 1. The number of amides is 1. The maximum atomic E-state index is 13.3. The van der Waals surface area contributed by atoms with Crippen LogP contribution in [0.2, 0.25) is 0 Å². The molecule has 0 atom stereocenters. The Hall–Kier alpha value is -3.87. The fraction of sp³-hybridized carbons (Fsp3) is 0.0909. The average molecular weight is 388 g/mol. The molecule has 1 amide bonds. The van der Waals surface area contributed by atoms with Gasteiger partial charge in [-0.25, -0.2) is 4.39 Å². The minimum atomic E-state index is -0.285. The lowest BCUT2D eigenvalue weighted by Crippen LogP contribution is -2.12. The summed E-state index contributed by atoms with van der Waals surface area (Å²) in [6.45, 7) is 0. The quantitative estimate of drug-likeness (QED) is 0.526. The van der Waals surface area contributed by atoms with Gasteiger partial charge in [0.05, 0.1) is 0 Å². The molecule has 144 valence electrons. The van der Waals surface area contributed by atoms with Crippen molar-refractivity contribution in [2.75, 3.05) is 5.32 Å². The van der Waals surface area contributed by atoms with Gasteiger partial charge < -0.3 is 9.84 Å². The number of carbonyl (C=O) groups is 1. The van der Waals surface area contributed by atoms with E-state index in [2.05, 4.69) is 20.4 Å². The van der Waals surface area contributed by atoms with Crippen LogP contribution in [0.3, 0.4) is 0 Å². The second-order valence-electron chi connectivity index (χ2n) is 6.36. The molecule has 0 aliphatic rings. The Balaban J connectivity index is 1.32. The second-order valence-corrected chi connectivity index (χ2v) is 6.36. The first-order valence-corrected chi connectivity index (χ1v) is 9.07. The van der Waals surface area contributed by atoms with E-state index in [1.807, 2.05) is 24.3 Å². The van der Waals surface area contributed by atoms with E-state index in [9.17, 15) is 9.18 Å². The standard InChI is InChI=1S/C22H17FN4O2/c23-17-5-3-4-16(14-17)15-7-9-18(10-8-15)25-20(28)11-12-21-26-22(27-29-21)19-6-1-2-13-24-19/h1-10,13-14H,11-12H2,(H,25,28). The zero-order chi connectivity index (χ0) is 20.1. The summed E-state index contributed by atoms with van der Waals surface area (Å²) in [5.41, 5.74) is 2.93. The summed E-state index contributed by atoms with van der Waals surface area (Å²) >= 11 is 0. The molecule has 0 aliphatic carbocycles. The molecule has 0 unspecified atom stereocenters. The molecule has 0 aliphatic heterocycles. The van der Waals surface area contributed by atoms with E-state index in [0.717, 1.165) is 11.1 Å². The van der Waals surface area contributed by atoms with E-state index in [1.54, 1.807) is 36.5 Å². The van der Waals surface area contributed by atoms with E-state index in [1.165, 1.54) is 12.1 Å². The van der Waals surface area contributed by atoms with Gasteiger partial charge in [-0.2, -0.15) is 4.98 Å². The molecule has 1 N–H and O–H groups in total. The lowest BCUT2D eigenvalue weighted by atomic mass is 10.1. The number of hydrogen-bond donors (Lipinski definition) is 1. The smallest absolute Gasteiger partial charge is 0.227 e. The van der Waals surface area contributed by atoms with Crippen molar-refractivity contribution in [3.8, 4) is 22.6 Å². The van der Waals surface area contributed by atoms with E-state index >= 15 is 0 Å². The Morgan fingerprint density at radius 3 is 2.62 bits per heavy atom. The monoisotopic (exact) mass is 388 g/mol. The third-order valence-corrected chi connectivity index (χ3v) is 4.25. The van der Waals surface area contributed by atoms with E-state index in [4.69, 9.17) is 4.52 Å². The maximum Gasteiger partial charge on any atom is 0.227 e. The molecule has 2 aromatic heterocycles. The molecule has 0 saturated heterocycles. The van der Waals surface area contributed by atoms with Gasteiger partial charge >= 0.3 is 0 Å². The normalized spacial score (nSPS) is 10.7. The number of nitrogens with one attached hydrogen (secondary N) is 1. The lowest BCUT2D eigenvalue weighted by molar-refractivity contribution is -0.116. The van der Waals surface area contributed by atoms with Crippen LogP contribution in [0.25, 0.3) is 22.6 Å². The Morgan fingerprint density at radius 2 is 1.86 bits per heavy atom. The number of anilines is 1. The van der Waals surface area contributed by atoms with Crippen LogP contribution in [-0.4, -0.2) is 21.0 Å². The molecule has 2 heterocycles. The first kappa shape index (κ1) is 18.5. The molecule has 2 aromatic carbocycles. The predicted octanol–water partition coefficient (Wildman–Crippen LogP) is 4.51. The van der Waals surface area contributed by atoms with Crippen LogP contribution >= 0.6 is 0 Å². The highest BCUT2D eigenvalue weighted by atomic mass is 19.1. The zero-order valence-corrected chi connectivity index (χ0v) is 15.4. The summed E-state index contributed by atoms with van der Waals surface area (Å²) in [5, 5.41) is 6.71. The number of halogens is 1. The van der Waals surface area contributed by atoms with E-state index in [0.29, 0.717) is 29.5 Å². The highest BCUT2D eigenvalue weighted by molar-refractivity contribution is 5.91. The molecule has 7 heteroatoms. The minimum absolute atomic E-state index is 0.166. The van der Waals surface area contributed by atoms with E-state index < -0.39 is 0 Å². The van der Waals surface area contributed by atoms with Crippen LogP contribution in [0, 0.1) is 5.82 Å². The van der Waals surface area contributed by atoms with Gasteiger partial charge in [0.2, 0.25) is 17.6 Å². The van der Waals surface area contributed by atoms with Crippen LogP contribution in [0.4, 0.5) is 10.1 Å². The van der Waals surface area contributed by atoms with Crippen LogP contribution in [0.1, 0.15) is 12.3 Å². The summed E-state index contributed by atoms with van der Waals surface area (Å²) in [7, 11) is 0. The Morgan fingerprint density at radius 1 is 1.00 bits per heavy atom. The molecular formula is C22H17FN4O2. The van der Waals surface area contributed by atoms with Gasteiger partial charge in [-0.1, -0.05) is 35.5 Å². The summed E-state index contributed by atoms with van der Waals surface area (Å²) in [5.74, 6) is 0.324. The number of benzene rings is 2. The largest absolute Gasteiger partial charge is 0.339 e. The SMILES string of the molecule is O=C(CCc1nc(-c2ccccn2)no1)Nc1ccc(-c2cccc(F)c2)cc1. The fourth-order valence-corrected chi connectivity index (χ4v) is 2.81. The topological polar surface area (TPSA) is 80.9 Å². The predicted molar refractivity (Wildman–Crippen MR) is 106 cm³/mol. The number of aryl methyl sites for hydroxylation is 1. The van der Waals surface area contributed by atoms with Gasteiger partial charge in [0.1, 0.15) is 11.5 Å². The van der Waals surface area contributed by atoms with Crippen molar-refractivity contribution < 1.29 is 13.7 Å². The molecule has 0 bridgehead atoms. The van der Waals surface area contributed by atoms with Crippen molar-refractivity contribution >= 4 is 11.6 Å². The number of aromatic nitrogens is 3. The summed E-state index contributed by atoms with van der Waals surface area (Å²) in [6.07, 6.45) is 2.18. The van der Waals surface area contributed by atoms with Gasteiger partial charge in [-0.15, -0.1) is 0 Å². The van der Waals surface area contributed by atoms with Gasteiger partial charge in [0.25, 0.3) is 0 Å². The summed E-state index contributed by atoms with van der Waals surface area (Å²) in [4.78, 5) is 20.6. The van der Waals surface area contributed by atoms with E-state index in [-0.39, 0.29) is 18.1 Å². The number of hydrogen-bond acceptors (Lipinski definition) is 5. The van der Waals surface area contributed by atoms with Gasteiger partial charge in [-0.05, 0) is 47.5 Å². The summed E-state index contributed by atoms with van der Waals surface area (Å²) < 4.78 is 18.5. The van der Waals surface area contributed by atoms with Gasteiger partial charge in [-0.3, -0.25) is 9.78 Å². The van der Waals surface area contributed by atoms with Crippen molar-refractivity contribution in [2.24, 2.45) is 0 Å². The molecule has 0 fully saturated rings. The minimum Gasteiger partial charge on any atom is -0.339 e. The second kappa shape index (κ2) is 8.43. The number of nitrogens with zero attached hydrogens (tertiary/aromatic N) is 3. The maximum absolute atomic E-state index is 13.3. The summed E-state index contributed by atoms with van der Waals surface area (Å²) in [6, 6.07) is 19.0. The third-order valence-electron chi connectivity index (χ3n) is 4.25. The first-order valence-electron chi connectivity index (χ1n) is 9.07. The highest BCUT2D eigenvalue weighted by Gasteiger charge is 2.11. The highest BCUT2D eigenvalue weighted by Crippen LogP contribution is 2.22. The van der Waals surface area contributed by atoms with Crippen molar-refractivity contribution in [3.05, 3.63) is 84.6 Å². The lowest BCUT2D eigenvalue weighted by Gasteiger charge is -2.06. The van der Waals surface area contributed by atoms with Crippen LogP contribution in [-0.2, 0) is 11.2 Å². The van der Waals surface area contributed by atoms with Crippen molar-refractivity contribution in [3.63, 3.8) is 0 Å². The molecule has 4 aromatic rings. The zero-order valence-electron chi connectivity index (χ0n) is 15.4. The molecular weight excluding hydrogens is 371 g/mol. The fourth-order valence-electron chi connectivity index (χ4n) is 2.81. The van der Waals surface area contributed by atoms with Crippen LogP contribution in [0.5, 0.6) is 0 Å². The Labute approximate surface area is 166 Å². The molecule has 0 radical (unpaired) electrons. The molecule has 0 spiro atoms. The Bertz CT molecular complexity index is 1110. The molecule has 0 saturated carbocycles. The van der Waals surface area contributed by atoms with Crippen molar-refractivity contribution in [1.29, 1.82) is 0 Å². The van der Waals surface area contributed by atoms with Crippen LogP contribution in [0.15, 0.2) is 77.4 Å². The molecule has 6 nitrogen and oxygen atoms in total. The van der Waals surface area contributed by atoms with Crippen LogP contribution < -0.4 is 5.32 Å². The number of carbonyl (C=O) groups excluding carboxylic acids is 1. The van der Waals surface area contributed by atoms with Crippen molar-refractivity contribution in [1.82, 2.24) is 15.1 Å².